The number of nitrogens with zero attached hydrogens (tertiary/aromatic N) is 3. The van der Waals surface area contributed by atoms with Crippen molar-refractivity contribution in [3.05, 3.63) is 24.0 Å². The van der Waals surface area contributed by atoms with Crippen molar-refractivity contribution in [2.24, 2.45) is 11.8 Å². The van der Waals surface area contributed by atoms with Gasteiger partial charge < -0.3 is 14.4 Å². The summed E-state index contributed by atoms with van der Waals surface area (Å²) in [4.78, 5) is 17.4. The lowest BCUT2D eigenvalue weighted by Gasteiger charge is -2.30. The Kier molecular flexibility index (Phi) is 5.70. The Morgan fingerprint density at radius 1 is 1.30 bits per heavy atom. The highest BCUT2D eigenvalue weighted by Gasteiger charge is 2.30. The molecule has 1 aromatic rings. The van der Waals surface area contributed by atoms with E-state index in [2.05, 4.69) is 46.8 Å². The molecule has 1 fully saturated rings. The highest BCUT2D eigenvalue weighted by Crippen LogP contribution is 2.27. The molecule has 1 atom stereocenters. The van der Waals surface area contributed by atoms with E-state index in [1.165, 1.54) is 5.69 Å². The summed E-state index contributed by atoms with van der Waals surface area (Å²) in [7, 11) is 4.25. The van der Waals surface area contributed by atoms with Crippen molar-refractivity contribution in [1.29, 1.82) is 0 Å². The largest absolute Gasteiger partial charge is 0.349 e. The number of carbonyl (C=O) groups excluding carboxylic acids is 1. The Morgan fingerprint density at radius 2 is 2.09 bits per heavy atom. The molecule has 3 rings (SSSR count). The molecule has 5 heteroatoms. The number of hydrogen-bond acceptors (Lipinski definition) is 3. The molecule has 4 nitrogen and oxygen atoms in total. The van der Waals surface area contributed by atoms with Crippen LogP contribution in [-0.4, -0.2) is 59.0 Å². The lowest BCUT2D eigenvalue weighted by Crippen LogP contribution is -2.39. The minimum atomic E-state index is 0.257. The molecule has 2 aliphatic heterocycles. The van der Waals surface area contributed by atoms with Gasteiger partial charge in [-0.2, -0.15) is 11.8 Å². The SMILES string of the molecule is CN(C)CC[C@H]1CN(C(=O)C2CCSCC2)Cc2cccn2C1. The Hall–Kier alpha value is -0.940. The number of aromatic nitrogens is 1. The third-order valence-electron chi connectivity index (χ3n) is 5.08. The van der Waals surface area contributed by atoms with Crippen LogP contribution in [0.2, 0.25) is 0 Å². The van der Waals surface area contributed by atoms with Crippen LogP contribution in [0.3, 0.4) is 0 Å². The molecule has 3 heterocycles. The Morgan fingerprint density at radius 3 is 2.83 bits per heavy atom. The quantitative estimate of drug-likeness (QED) is 0.846. The van der Waals surface area contributed by atoms with Crippen LogP contribution in [0.25, 0.3) is 0 Å². The van der Waals surface area contributed by atoms with E-state index in [-0.39, 0.29) is 5.92 Å². The highest BCUT2D eigenvalue weighted by molar-refractivity contribution is 7.99. The van der Waals surface area contributed by atoms with E-state index in [1.54, 1.807) is 0 Å². The number of rotatable bonds is 4. The first-order valence-electron chi connectivity index (χ1n) is 8.79. The van der Waals surface area contributed by atoms with Crippen molar-refractivity contribution in [3.63, 3.8) is 0 Å². The van der Waals surface area contributed by atoms with Crippen molar-refractivity contribution < 1.29 is 4.79 Å². The summed E-state index contributed by atoms with van der Waals surface area (Å²) in [6.45, 7) is 3.83. The molecule has 0 saturated carbocycles. The summed E-state index contributed by atoms with van der Waals surface area (Å²) in [5.41, 5.74) is 1.29. The summed E-state index contributed by atoms with van der Waals surface area (Å²) in [5.74, 6) is 3.49. The molecule has 23 heavy (non-hydrogen) atoms. The lowest BCUT2D eigenvalue weighted by atomic mass is 9.99. The predicted octanol–water partition coefficient (Wildman–Crippen LogP) is 2.54. The minimum Gasteiger partial charge on any atom is -0.349 e. The van der Waals surface area contributed by atoms with Gasteiger partial charge in [-0.05, 0) is 69.5 Å². The molecule has 0 unspecified atom stereocenters. The van der Waals surface area contributed by atoms with Crippen LogP contribution in [0.1, 0.15) is 25.0 Å². The molecule has 1 amide bonds. The van der Waals surface area contributed by atoms with Gasteiger partial charge in [0.05, 0.1) is 6.54 Å². The molecule has 2 aliphatic rings. The van der Waals surface area contributed by atoms with Gasteiger partial charge in [-0.25, -0.2) is 0 Å². The van der Waals surface area contributed by atoms with Crippen LogP contribution in [0.4, 0.5) is 0 Å². The van der Waals surface area contributed by atoms with Crippen molar-refractivity contribution in [2.45, 2.75) is 32.4 Å². The summed E-state index contributed by atoms with van der Waals surface area (Å²) < 4.78 is 2.35. The average Bonchev–Trinajstić information content (AvgIpc) is 2.91. The standard InChI is InChI=1S/C18H29N3OS/c1-19(2)9-5-15-12-20-8-3-4-17(20)14-21(13-15)18(22)16-6-10-23-11-7-16/h3-4,8,15-16H,5-7,9-14H2,1-2H3/t15-/m1/s1. The summed E-state index contributed by atoms with van der Waals surface area (Å²) in [6.07, 6.45) is 5.44. The molecule has 0 bridgehead atoms. The topological polar surface area (TPSA) is 28.5 Å². The normalized spacial score (nSPS) is 22.9. The second kappa shape index (κ2) is 7.75. The van der Waals surface area contributed by atoms with Gasteiger partial charge in [0.15, 0.2) is 0 Å². The Labute approximate surface area is 144 Å². The number of amides is 1. The Balaban J connectivity index is 1.72. The van der Waals surface area contributed by atoms with E-state index in [9.17, 15) is 4.79 Å². The fourth-order valence-electron chi connectivity index (χ4n) is 3.67. The van der Waals surface area contributed by atoms with Crippen molar-refractivity contribution in [1.82, 2.24) is 14.4 Å². The van der Waals surface area contributed by atoms with Crippen molar-refractivity contribution >= 4 is 17.7 Å². The van der Waals surface area contributed by atoms with Crippen LogP contribution in [-0.2, 0) is 17.9 Å². The van der Waals surface area contributed by atoms with Crippen LogP contribution in [0, 0.1) is 11.8 Å². The zero-order valence-corrected chi connectivity index (χ0v) is 15.2. The van der Waals surface area contributed by atoms with Crippen LogP contribution in [0.5, 0.6) is 0 Å². The fourth-order valence-corrected chi connectivity index (χ4v) is 4.78. The van der Waals surface area contributed by atoms with Crippen LogP contribution in [0.15, 0.2) is 18.3 Å². The monoisotopic (exact) mass is 335 g/mol. The maximum atomic E-state index is 13.0. The molecule has 1 aromatic heterocycles. The summed E-state index contributed by atoms with van der Waals surface area (Å²) >= 11 is 1.99. The van der Waals surface area contributed by atoms with E-state index in [1.807, 2.05) is 11.8 Å². The zero-order valence-electron chi connectivity index (χ0n) is 14.4. The second-order valence-corrected chi connectivity index (χ2v) is 8.44. The highest BCUT2D eigenvalue weighted by atomic mass is 32.2. The van der Waals surface area contributed by atoms with Gasteiger partial charge >= 0.3 is 0 Å². The molecule has 0 aromatic carbocycles. The fraction of sp³-hybridized carbons (Fsp3) is 0.722. The molecular formula is C18H29N3OS. The van der Waals surface area contributed by atoms with E-state index in [0.717, 1.165) is 56.9 Å². The maximum Gasteiger partial charge on any atom is 0.226 e. The number of fused-ring (bicyclic) bond motifs is 1. The second-order valence-electron chi connectivity index (χ2n) is 7.22. The lowest BCUT2D eigenvalue weighted by molar-refractivity contribution is -0.137. The number of thioether (sulfide) groups is 1. The van der Waals surface area contributed by atoms with Gasteiger partial charge in [0.25, 0.3) is 0 Å². The number of carbonyl (C=O) groups is 1. The molecule has 0 spiro atoms. The van der Waals surface area contributed by atoms with Gasteiger partial charge in [-0.3, -0.25) is 4.79 Å². The molecular weight excluding hydrogens is 306 g/mol. The zero-order chi connectivity index (χ0) is 16.2. The van der Waals surface area contributed by atoms with E-state index in [0.29, 0.717) is 11.8 Å². The molecule has 0 radical (unpaired) electrons. The van der Waals surface area contributed by atoms with E-state index in [4.69, 9.17) is 0 Å². The first kappa shape index (κ1) is 16.9. The maximum absolute atomic E-state index is 13.0. The van der Waals surface area contributed by atoms with Crippen LogP contribution < -0.4 is 0 Å². The van der Waals surface area contributed by atoms with Gasteiger partial charge in [0, 0.05) is 30.9 Å². The summed E-state index contributed by atoms with van der Waals surface area (Å²) in [6, 6.07) is 4.29. The number of hydrogen-bond donors (Lipinski definition) is 0. The Bertz CT molecular complexity index is 522. The molecule has 0 aliphatic carbocycles. The smallest absolute Gasteiger partial charge is 0.226 e. The predicted molar refractivity (Wildman–Crippen MR) is 96.6 cm³/mol. The molecule has 0 N–H and O–H groups in total. The summed E-state index contributed by atoms with van der Waals surface area (Å²) in [5, 5.41) is 0. The molecule has 1 saturated heterocycles. The van der Waals surface area contributed by atoms with Crippen molar-refractivity contribution in [2.75, 3.05) is 38.7 Å². The van der Waals surface area contributed by atoms with E-state index < -0.39 is 0 Å². The van der Waals surface area contributed by atoms with Gasteiger partial charge in [0.2, 0.25) is 5.91 Å². The third-order valence-corrected chi connectivity index (χ3v) is 6.13. The van der Waals surface area contributed by atoms with Gasteiger partial charge in [-0.1, -0.05) is 0 Å². The molecule has 128 valence electrons. The minimum absolute atomic E-state index is 0.257. The van der Waals surface area contributed by atoms with E-state index >= 15 is 0 Å². The first-order chi connectivity index (χ1) is 11.1. The third kappa shape index (κ3) is 4.32. The van der Waals surface area contributed by atoms with Gasteiger partial charge in [-0.15, -0.1) is 0 Å². The average molecular weight is 336 g/mol. The van der Waals surface area contributed by atoms with Crippen LogP contribution >= 0.6 is 11.8 Å². The van der Waals surface area contributed by atoms with Crippen molar-refractivity contribution in [3.8, 4) is 0 Å². The first-order valence-corrected chi connectivity index (χ1v) is 9.94. The van der Waals surface area contributed by atoms with Gasteiger partial charge in [0.1, 0.15) is 0 Å².